The lowest BCUT2D eigenvalue weighted by atomic mass is 9.95. The molecular weight excluding hydrogens is 320 g/mol. The van der Waals surface area contributed by atoms with E-state index in [0.29, 0.717) is 6.54 Å². The van der Waals surface area contributed by atoms with E-state index in [1.165, 1.54) is 45.5 Å². The quantitative estimate of drug-likeness (QED) is 0.760. The molecule has 3 nitrogen and oxygen atoms in total. The molecular formula is C23H25N2O+. The largest absolute Gasteiger partial charge is 0.323 e. The van der Waals surface area contributed by atoms with Gasteiger partial charge in [-0.05, 0) is 42.9 Å². The Morgan fingerprint density at radius 1 is 0.923 bits per heavy atom. The first-order chi connectivity index (χ1) is 12.8. The second kappa shape index (κ2) is 6.40. The van der Waals surface area contributed by atoms with E-state index >= 15 is 0 Å². The lowest BCUT2D eigenvalue weighted by Gasteiger charge is -2.26. The molecule has 1 N–H and O–H groups in total. The van der Waals surface area contributed by atoms with Gasteiger partial charge in [0.15, 0.2) is 6.54 Å². The molecule has 5 rings (SSSR count). The SMILES string of the molecule is O=C(C[NH+]1CCc2ccccc2C1)n1c2c(c3ccccc31)CCCC2. The molecule has 1 aliphatic carbocycles. The molecule has 26 heavy (non-hydrogen) atoms. The van der Waals surface area contributed by atoms with Gasteiger partial charge in [0, 0.05) is 23.1 Å². The maximum Gasteiger partial charge on any atom is 0.286 e. The number of aryl methyl sites for hydroxylation is 1. The normalized spacial score (nSPS) is 19.2. The molecule has 1 aliphatic heterocycles. The van der Waals surface area contributed by atoms with E-state index < -0.39 is 0 Å². The van der Waals surface area contributed by atoms with Gasteiger partial charge < -0.3 is 4.90 Å². The predicted molar refractivity (Wildman–Crippen MR) is 104 cm³/mol. The van der Waals surface area contributed by atoms with Gasteiger partial charge in [0.1, 0.15) is 6.54 Å². The fourth-order valence-corrected chi connectivity index (χ4v) is 4.87. The number of benzene rings is 2. The van der Waals surface area contributed by atoms with Crippen LogP contribution in [0.15, 0.2) is 48.5 Å². The van der Waals surface area contributed by atoms with Crippen molar-refractivity contribution in [2.24, 2.45) is 0 Å². The van der Waals surface area contributed by atoms with Crippen molar-refractivity contribution in [3.63, 3.8) is 0 Å². The van der Waals surface area contributed by atoms with Gasteiger partial charge >= 0.3 is 0 Å². The summed E-state index contributed by atoms with van der Waals surface area (Å²) in [7, 11) is 0. The van der Waals surface area contributed by atoms with E-state index in [1.807, 2.05) is 0 Å². The minimum Gasteiger partial charge on any atom is -0.323 e. The number of aromatic nitrogens is 1. The van der Waals surface area contributed by atoms with Gasteiger partial charge in [-0.2, -0.15) is 0 Å². The summed E-state index contributed by atoms with van der Waals surface area (Å²) in [6.07, 6.45) is 5.65. The number of carbonyl (C=O) groups excluding carboxylic acids is 1. The van der Waals surface area contributed by atoms with Crippen molar-refractivity contribution >= 4 is 16.8 Å². The maximum atomic E-state index is 13.3. The third-order valence-electron chi connectivity index (χ3n) is 6.14. The number of nitrogens with one attached hydrogen (secondary N) is 1. The summed E-state index contributed by atoms with van der Waals surface area (Å²) in [6.45, 7) is 2.59. The summed E-state index contributed by atoms with van der Waals surface area (Å²) >= 11 is 0. The Hall–Kier alpha value is -2.39. The van der Waals surface area contributed by atoms with Crippen LogP contribution >= 0.6 is 0 Å². The van der Waals surface area contributed by atoms with Crippen LogP contribution in [0.5, 0.6) is 0 Å². The molecule has 2 aromatic carbocycles. The molecule has 1 aromatic heterocycles. The van der Waals surface area contributed by atoms with Crippen LogP contribution in [0, 0.1) is 0 Å². The maximum absolute atomic E-state index is 13.3. The Morgan fingerprint density at radius 3 is 2.62 bits per heavy atom. The zero-order chi connectivity index (χ0) is 17.5. The smallest absolute Gasteiger partial charge is 0.286 e. The summed E-state index contributed by atoms with van der Waals surface area (Å²) in [5.41, 5.74) is 6.66. The summed E-state index contributed by atoms with van der Waals surface area (Å²) < 4.78 is 2.05. The van der Waals surface area contributed by atoms with Crippen LogP contribution < -0.4 is 4.90 Å². The number of hydrogen-bond acceptors (Lipinski definition) is 1. The van der Waals surface area contributed by atoms with Crippen molar-refractivity contribution in [3.05, 3.63) is 70.9 Å². The second-order valence-corrected chi connectivity index (χ2v) is 7.75. The first kappa shape index (κ1) is 15.8. The molecule has 0 saturated carbocycles. The number of fused-ring (bicyclic) bond motifs is 4. The Kier molecular flexibility index (Phi) is 3.90. The Bertz CT molecular complexity index is 985. The highest BCUT2D eigenvalue weighted by molar-refractivity contribution is 5.96. The second-order valence-electron chi connectivity index (χ2n) is 7.75. The molecule has 2 heterocycles. The number of nitrogens with zero attached hydrogens (tertiary/aromatic N) is 1. The molecule has 132 valence electrons. The standard InChI is InChI=1S/C23H24N2O/c26-23(16-24-14-13-17-7-1-2-8-18(17)15-24)25-21-11-5-3-9-19(21)20-10-4-6-12-22(20)25/h1-3,5,7-9,11H,4,6,10,12-16H2/p+1. The lowest BCUT2D eigenvalue weighted by Crippen LogP contribution is -3.12. The number of para-hydroxylation sites is 1. The van der Waals surface area contributed by atoms with Gasteiger partial charge in [0.05, 0.1) is 12.1 Å². The van der Waals surface area contributed by atoms with Crippen molar-refractivity contribution in [2.45, 2.75) is 38.6 Å². The van der Waals surface area contributed by atoms with Crippen LogP contribution in [0.2, 0.25) is 0 Å². The number of carbonyl (C=O) groups is 1. The Morgan fingerprint density at radius 2 is 1.69 bits per heavy atom. The van der Waals surface area contributed by atoms with E-state index in [2.05, 4.69) is 53.1 Å². The molecule has 0 spiro atoms. The van der Waals surface area contributed by atoms with Gasteiger partial charge in [-0.15, -0.1) is 0 Å². The van der Waals surface area contributed by atoms with Crippen LogP contribution in [0.1, 0.15) is 40.0 Å². The topological polar surface area (TPSA) is 26.4 Å². The zero-order valence-electron chi connectivity index (χ0n) is 15.1. The average Bonchev–Trinajstić information content (AvgIpc) is 3.02. The lowest BCUT2D eigenvalue weighted by molar-refractivity contribution is -0.907. The van der Waals surface area contributed by atoms with Gasteiger partial charge in [-0.3, -0.25) is 9.36 Å². The number of hydrogen-bond donors (Lipinski definition) is 1. The van der Waals surface area contributed by atoms with Crippen molar-refractivity contribution in [1.29, 1.82) is 0 Å². The highest BCUT2D eigenvalue weighted by Gasteiger charge is 2.27. The summed E-state index contributed by atoms with van der Waals surface area (Å²) in [6, 6.07) is 17.1. The van der Waals surface area contributed by atoms with E-state index in [1.54, 1.807) is 0 Å². The highest BCUT2D eigenvalue weighted by atomic mass is 16.2. The fourth-order valence-electron chi connectivity index (χ4n) is 4.87. The van der Waals surface area contributed by atoms with Gasteiger partial charge in [-0.25, -0.2) is 0 Å². The van der Waals surface area contributed by atoms with Crippen molar-refractivity contribution in [3.8, 4) is 0 Å². The minimum absolute atomic E-state index is 0.263. The Balaban J connectivity index is 1.46. The van der Waals surface area contributed by atoms with E-state index in [-0.39, 0.29) is 5.91 Å². The van der Waals surface area contributed by atoms with E-state index in [4.69, 9.17) is 0 Å². The molecule has 3 aromatic rings. The number of quaternary nitrogens is 1. The summed E-state index contributed by atoms with van der Waals surface area (Å²) in [5.74, 6) is 0.263. The van der Waals surface area contributed by atoms with Crippen LogP contribution in [-0.2, 0) is 25.8 Å². The van der Waals surface area contributed by atoms with Crippen molar-refractivity contribution < 1.29 is 9.69 Å². The van der Waals surface area contributed by atoms with Crippen LogP contribution in [0.25, 0.3) is 10.9 Å². The van der Waals surface area contributed by atoms with Crippen LogP contribution in [0.4, 0.5) is 0 Å². The Labute approximate surface area is 154 Å². The van der Waals surface area contributed by atoms with Crippen LogP contribution in [-0.4, -0.2) is 23.6 Å². The predicted octanol–water partition coefficient (Wildman–Crippen LogP) is 2.80. The molecule has 0 saturated heterocycles. The molecule has 0 fully saturated rings. The molecule has 1 atom stereocenters. The fraction of sp³-hybridized carbons (Fsp3) is 0.348. The number of rotatable bonds is 2. The first-order valence-electron chi connectivity index (χ1n) is 9.86. The van der Waals surface area contributed by atoms with Gasteiger partial charge in [0.2, 0.25) is 0 Å². The summed E-state index contributed by atoms with van der Waals surface area (Å²) in [4.78, 5) is 14.7. The minimum atomic E-state index is 0.263. The zero-order valence-corrected chi connectivity index (χ0v) is 15.1. The molecule has 0 amide bonds. The average molecular weight is 345 g/mol. The van der Waals surface area contributed by atoms with Gasteiger partial charge in [0.25, 0.3) is 5.91 Å². The third kappa shape index (κ3) is 2.58. The van der Waals surface area contributed by atoms with E-state index in [9.17, 15) is 4.79 Å². The molecule has 0 bridgehead atoms. The first-order valence-corrected chi connectivity index (χ1v) is 9.86. The summed E-state index contributed by atoms with van der Waals surface area (Å²) in [5, 5.41) is 1.29. The van der Waals surface area contributed by atoms with Gasteiger partial charge in [-0.1, -0.05) is 42.5 Å². The van der Waals surface area contributed by atoms with Crippen molar-refractivity contribution in [2.75, 3.05) is 13.1 Å². The highest BCUT2D eigenvalue weighted by Crippen LogP contribution is 2.31. The molecule has 2 aliphatic rings. The molecule has 0 radical (unpaired) electrons. The third-order valence-corrected chi connectivity index (χ3v) is 6.14. The van der Waals surface area contributed by atoms with Crippen molar-refractivity contribution in [1.82, 2.24) is 4.57 Å². The van der Waals surface area contributed by atoms with Crippen LogP contribution in [0.3, 0.4) is 0 Å². The monoisotopic (exact) mass is 345 g/mol. The molecule has 3 heteroatoms. The van der Waals surface area contributed by atoms with E-state index in [0.717, 1.165) is 37.9 Å². The molecule has 1 unspecified atom stereocenters.